The maximum atomic E-state index is 11.8. The molecule has 1 unspecified atom stereocenters. The Hall–Kier alpha value is -2.81. The molecule has 1 aliphatic heterocycles. The fraction of sp³-hybridized carbons (Fsp3) is 0.318. The van der Waals surface area contributed by atoms with Gasteiger partial charge in [-0.15, -0.1) is 0 Å². The summed E-state index contributed by atoms with van der Waals surface area (Å²) in [5.41, 5.74) is 3.10. The summed E-state index contributed by atoms with van der Waals surface area (Å²) in [6.07, 6.45) is 3.57. The van der Waals surface area contributed by atoms with Crippen LogP contribution in [-0.2, 0) is 14.3 Å². The molecular weight excluding hydrogens is 457 g/mol. The second kappa shape index (κ2) is 12.3. The van der Waals surface area contributed by atoms with Gasteiger partial charge in [-0.25, -0.2) is 5.43 Å². The summed E-state index contributed by atoms with van der Waals surface area (Å²) < 4.78 is 16.3. The highest BCUT2D eigenvalue weighted by atomic mass is 35.5. The lowest BCUT2D eigenvalue weighted by Crippen LogP contribution is -2.35. The van der Waals surface area contributed by atoms with Crippen molar-refractivity contribution >= 4 is 41.2 Å². The molecule has 0 aromatic heterocycles. The van der Waals surface area contributed by atoms with Crippen molar-refractivity contribution in [2.24, 2.45) is 5.10 Å². The fourth-order valence-corrected chi connectivity index (χ4v) is 3.29. The van der Waals surface area contributed by atoms with Crippen LogP contribution in [0.5, 0.6) is 11.5 Å². The van der Waals surface area contributed by atoms with Crippen LogP contribution in [0.3, 0.4) is 0 Å². The molecule has 8 nitrogen and oxygen atoms in total. The summed E-state index contributed by atoms with van der Waals surface area (Å²) in [5, 5.41) is 7.47. The van der Waals surface area contributed by atoms with Crippen LogP contribution in [0, 0.1) is 0 Å². The molecule has 2 aromatic rings. The number of carbonyl (C=O) groups excluding carboxylic acids is 2. The summed E-state index contributed by atoms with van der Waals surface area (Å²) in [4.78, 5) is 23.7. The Morgan fingerprint density at radius 3 is 2.59 bits per heavy atom. The molecule has 3 rings (SSSR count). The largest absolute Gasteiger partial charge is 0.484 e. The number of hydrogen-bond acceptors (Lipinski definition) is 6. The third-order valence-corrected chi connectivity index (χ3v) is 4.99. The number of nitrogens with zero attached hydrogens (tertiary/aromatic N) is 1. The van der Waals surface area contributed by atoms with E-state index in [1.807, 2.05) is 0 Å². The van der Waals surface area contributed by atoms with Crippen LogP contribution >= 0.6 is 23.2 Å². The average Bonchev–Trinajstić information content (AvgIpc) is 3.30. The first-order valence-corrected chi connectivity index (χ1v) is 10.8. The van der Waals surface area contributed by atoms with Crippen molar-refractivity contribution in [1.82, 2.24) is 10.7 Å². The molecule has 0 spiro atoms. The molecule has 2 amide bonds. The Balaban J connectivity index is 1.35. The van der Waals surface area contributed by atoms with Crippen molar-refractivity contribution in [3.05, 3.63) is 58.1 Å². The van der Waals surface area contributed by atoms with Crippen molar-refractivity contribution in [2.75, 3.05) is 26.4 Å². The Labute approximate surface area is 195 Å². The number of nitrogens with one attached hydrogen (secondary N) is 2. The molecule has 2 aromatic carbocycles. The third-order valence-electron chi connectivity index (χ3n) is 4.46. The predicted molar refractivity (Wildman–Crippen MR) is 122 cm³/mol. The molecule has 1 saturated heterocycles. The smallest absolute Gasteiger partial charge is 0.277 e. The van der Waals surface area contributed by atoms with Gasteiger partial charge < -0.3 is 19.5 Å². The van der Waals surface area contributed by atoms with E-state index in [0.717, 1.165) is 25.0 Å². The maximum absolute atomic E-state index is 11.8. The summed E-state index contributed by atoms with van der Waals surface area (Å²) in [7, 11) is 0. The fourth-order valence-electron chi connectivity index (χ4n) is 2.83. The lowest BCUT2D eigenvalue weighted by Gasteiger charge is -2.11. The number of carbonyl (C=O) groups is 2. The number of benzene rings is 2. The highest BCUT2D eigenvalue weighted by Crippen LogP contribution is 2.27. The van der Waals surface area contributed by atoms with E-state index in [2.05, 4.69) is 15.8 Å². The van der Waals surface area contributed by atoms with Gasteiger partial charge in [0.1, 0.15) is 11.5 Å². The number of hydrazone groups is 1. The molecule has 1 aliphatic rings. The van der Waals surface area contributed by atoms with E-state index in [-0.39, 0.29) is 25.2 Å². The maximum Gasteiger partial charge on any atom is 0.277 e. The van der Waals surface area contributed by atoms with Gasteiger partial charge in [0.2, 0.25) is 0 Å². The Kier molecular flexibility index (Phi) is 9.15. The lowest BCUT2D eigenvalue weighted by molar-refractivity contribution is -0.124. The quantitative estimate of drug-likeness (QED) is 0.402. The highest BCUT2D eigenvalue weighted by Gasteiger charge is 2.16. The molecule has 170 valence electrons. The number of amides is 2. The molecule has 32 heavy (non-hydrogen) atoms. The Morgan fingerprint density at radius 1 is 1.09 bits per heavy atom. The van der Waals surface area contributed by atoms with Crippen LogP contribution in [0.2, 0.25) is 10.0 Å². The van der Waals surface area contributed by atoms with Gasteiger partial charge in [0.05, 0.1) is 17.3 Å². The summed E-state index contributed by atoms with van der Waals surface area (Å²) in [6, 6.07) is 11.6. The topological polar surface area (TPSA) is 98.2 Å². The van der Waals surface area contributed by atoms with Crippen molar-refractivity contribution < 1.29 is 23.8 Å². The Morgan fingerprint density at radius 2 is 1.88 bits per heavy atom. The summed E-state index contributed by atoms with van der Waals surface area (Å²) in [5.74, 6) is 0.259. The van der Waals surface area contributed by atoms with E-state index in [4.69, 9.17) is 37.4 Å². The highest BCUT2D eigenvalue weighted by molar-refractivity contribution is 6.35. The van der Waals surface area contributed by atoms with Crippen LogP contribution in [0.25, 0.3) is 0 Å². The molecule has 10 heteroatoms. The second-order valence-corrected chi connectivity index (χ2v) is 7.80. The van der Waals surface area contributed by atoms with Gasteiger partial charge >= 0.3 is 0 Å². The Bertz CT molecular complexity index is 947. The summed E-state index contributed by atoms with van der Waals surface area (Å²) >= 11 is 11.8. The number of hydrogen-bond donors (Lipinski definition) is 2. The first-order valence-electron chi connectivity index (χ1n) is 10.0. The van der Waals surface area contributed by atoms with E-state index < -0.39 is 5.91 Å². The van der Waals surface area contributed by atoms with Crippen LogP contribution < -0.4 is 20.2 Å². The minimum absolute atomic E-state index is 0.0755. The van der Waals surface area contributed by atoms with Crippen LogP contribution in [0.1, 0.15) is 18.4 Å². The zero-order chi connectivity index (χ0) is 22.8. The molecule has 0 radical (unpaired) electrons. The van der Waals surface area contributed by atoms with Gasteiger partial charge in [-0.05, 0) is 60.9 Å². The minimum Gasteiger partial charge on any atom is -0.484 e. The standard InChI is InChI=1S/C22H23Cl2N3O5/c23-16-5-8-20(19(24)10-16)32-14-22(29)27-26-11-15-3-6-17(7-4-15)31-13-21(28)25-12-18-2-1-9-30-18/h3-8,10-11,18H,1-2,9,12-14H2,(H,25,28)(H,27,29). The average molecular weight is 480 g/mol. The zero-order valence-corrected chi connectivity index (χ0v) is 18.7. The number of rotatable bonds is 10. The molecule has 2 N–H and O–H groups in total. The SMILES string of the molecule is O=C(COc1ccc(C=NNC(=O)COc2ccc(Cl)cc2Cl)cc1)NCC1CCCO1. The van der Waals surface area contributed by atoms with Crippen molar-refractivity contribution in [2.45, 2.75) is 18.9 Å². The molecule has 0 bridgehead atoms. The van der Waals surface area contributed by atoms with E-state index in [1.165, 1.54) is 12.3 Å². The first kappa shape index (κ1) is 23.8. The zero-order valence-electron chi connectivity index (χ0n) is 17.2. The van der Waals surface area contributed by atoms with E-state index >= 15 is 0 Å². The van der Waals surface area contributed by atoms with Gasteiger partial charge in [0.25, 0.3) is 11.8 Å². The van der Waals surface area contributed by atoms with E-state index in [0.29, 0.717) is 28.1 Å². The van der Waals surface area contributed by atoms with Gasteiger partial charge in [-0.3, -0.25) is 9.59 Å². The van der Waals surface area contributed by atoms with Crippen LogP contribution in [0.4, 0.5) is 0 Å². The molecule has 0 saturated carbocycles. The van der Waals surface area contributed by atoms with Gasteiger partial charge in [-0.1, -0.05) is 23.2 Å². The van der Waals surface area contributed by atoms with Gasteiger partial charge in [0, 0.05) is 18.2 Å². The van der Waals surface area contributed by atoms with E-state index in [9.17, 15) is 9.59 Å². The van der Waals surface area contributed by atoms with Crippen molar-refractivity contribution in [1.29, 1.82) is 0 Å². The van der Waals surface area contributed by atoms with Crippen LogP contribution in [0.15, 0.2) is 47.6 Å². The lowest BCUT2D eigenvalue weighted by atomic mass is 10.2. The number of ether oxygens (including phenoxy) is 3. The van der Waals surface area contributed by atoms with Crippen molar-refractivity contribution in [3.63, 3.8) is 0 Å². The van der Waals surface area contributed by atoms with Gasteiger partial charge in [0.15, 0.2) is 13.2 Å². The predicted octanol–water partition coefficient (Wildman–Crippen LogP) is 3.20. The monoisotopic (exact) mass is 479 g/mol. The normalized spacial score (nSPS) is 15.5. The van der Waals surface area contributed by atoms with E-state index in [1.54, 1.807) is 36.4 Å². The van der Waals surface area contributed by atoms with Crippen LogP contribution in [-0.4, -0.2) is 50.5 Å². The molecule has 0 aliphatic carbocycles. The second-order valence-electron chi connectivity index (χ2n) is 6.95. The molecule has 1 fully saturated rings. The first-order chi connectivity index (χ1) is 15.5. The van der Waals surface area contributed by atoms with Gasteiger partial charge in [-0.2, -0.15) is 5.10 Å². The third kappa shape index (κ3) is 8.03. The molecular formula is C22H23Cl2N3O5. The molecule has 1 atom stereocenters. The minimum atomic E-state index is -0.443. The molecule has 1 heterocycles. The van der Waals surface area contributed by atoms with Crippen molar-refractivity contribution in [3.8, 4) is 11.5 Å². The summed E-state index contributed by atoms with van der Waals surface area (Å²) in [6.45, 7) is 0.928. The number of halogens is 2.